The Morgan fingerprint density at radius 2 is 2.20 bits per heavy atom. The van der Waals surface area contributed by atoms with E-state index < -0.39 is 5.60 Å². The van der Waals surface area contributed by atoms with Gasteiger partial charge < -0.3 is 10.4 Å². The lowest BCUT2D eigenvalue weighted by molar-refractivity contribution is 0.0944. The average Bonchev–Trinajstić information content (AvgIpc) is 2.61. The fraction of sp³-hybridized carbons (Fsp3) is 0.636. The van der Waals surface area contributed by atoms with Gasteiger partial charge in [0, 0.05) is 17.8 Å². The standard InChI is InChI=1S/C11H17N3O/c1-11(2,15)6-12-10-8-4-3-5-9(8)13-7-14-10/h7,15H,3-6H2,1-2H3,(H,12,13,14). The summed E-state index contributed by atoms with van der Waals surface area (Å²) in [6, 6.07) is 0. The van der Waals surface area contributed by atoms with E-state index in [9.17, 15) is 5.11 Å². The van der Waals surface area contributed by atoms with E-state index in [1.807, 2.05) is 0 Å². The van der Waals surface area contributed by atoms with Gasteiger partial charge in [0.15, 0.2) is 0 Å². The average molecular weight is 207 g/mol. The van der Waals surface area contributed by atoms with Crippen molar-refractivity contribution < 1.29 is 5.11 Å². The zero-order valence-corrected chi connectivity index (χ0v) is 9.25. The first kappa shape index (κ1) is 10.4. The largest absolute Gasteiger partial charge is 0.389 e. The van der Waals surface area contributed by atoms with Gasteiger partial charge in [-0.2, -0.15) is 0 Å². The maximum Gasteiger partial charge on any atom is 0.132 e. The highest BCUT2D eigenvalue weighted by molar-refractivity contribution is 5.48. The smallest absolute Gasteiger partial charge is 0.132 e. The summed E-state index contributed by atoms with van der Waals surface area (Å²) >= 11 is 0. The van der Waals surface area contributed by atoms with E-state index in [-0.39, 0.29) is 0 Å². The number of nitrogens with zero attached hydrogens (tertiary/aromatic N) is 2. The Morgan fingerprint density at radius 3 is 2.93 bits per heavy atom. The van der Waals surface area contributed by atoms with Gasteiger partial charge >= 0.3 is 0 Å². The SMILES string of the molecule is CC(C)(O)CNc1ncnc2c1CCC2. The van der Waals surface area contributed by atoms with Gasteiger partial charge in [-0.25, -0.2) is 9.97 Å². The van der Waals surface area contributed by atoms with Crippen molar-refractivity contribution in [1.29, 1.82) is 0 Å². The highest BCUT2D eigenvalue weighted by Crippen LogP contribution is 2.25. The van der Waals surface area contributed by atoms with E-state index in [4.69, 9.17) is 0 Å². The summed E-state index contributed by atoms with van der Waals surface area (Å²) in [5.41, 5.74) is 1.67. The van der Waals surface area contributed by atoms with Crippen molar-refractivity contribution in [3.05, 3.63) is 17.6 Å². The molecule has 4 heteroatoms. The van der Waals surface area contributed by atoms with Crippen LogP contribution >= 0.6 is 0 Å². The Morgan fingerprint density at radius 1 is 1.40 bits per heavy atom. The van der Waals surface area contributed by atoms with Crippen molar-refractivity contribution in [1.82, 2.24) is 9.97 Å². The van der Waals surface area contributed by atoms with Crippen LogP contribution in [0.1, 0.15) is 31.5 Å². The van der Waals surface area contributed by atoms with Crippen molar-refractivity contribution in [2.45, 2.75) is 38.7 Å². The van der Waals surface area contributed by atoms with Crippen LogP contribution in [0.5, 0.6) is 0 Å². The number of fused-ring (bicyclic) bond motifs is 1. The topological polar surface area (TPSA) is 58.0 Å². The number of aromatic nitrogens is 2. The molecule has 0 saturated heterocycles. The molecule has 0 atom stereocenters. The monoisotopic (exact) mass is 207 g/mol. The Kier molecular flexibility index (Phi) is 2.61. The highest BCUT2D eigenvalue weighted by atomic mass is 16.3. The third-order valence-electron chi connectivity index (χ3n) is 2.56. The maximum absolute atomic E-state index is 9.62. The molecule has 1 aromatic rings. The molecule has 0 amide bonds. The van der Waals surface area contributed by atoms with Gasteiger partial charge in [-0.05, 0) is 33.1 Å². The quantitative estimate of drug-likeness (QED) is 0.780. The lowest BCUT2D eigenvalue weighted by Crippen LogP contribution is -2.30. The van der Waals surface area contributed by atoms with E-state index in [0.29, 0.717) is 6.54 Å². The second-order valence-electron chi connectivity index (χ2n) is 4.67. The van der Waals surface area contributed by atoms with E-state index in [1.54, 1.807) is 20.2 Å². The molecule has 1 aliphatic rings. The number of rotatable bonds is 3. The molecule has 1 aliphatic carbocycles. The summed E-state index contributed by atoms with van der Waals surface area (Å²) < 4.78 is 0. The second-order valence-corrected chi connectivity index (χ2v) is 4.67. The van der Waals surface area contributed by atoms with Crippen LogP contribution in [-0.4, -0.2) is 27.2 Å². The van der Waals surface area contributed by atoms with Crippen molar-refractivity contribution in [3.8, 4) is 0 Å². The number of aliphatic hydroxyl groups is 1. The van der Waals surface area contributed by atoms with Gasteiger partial charge in [0.05, 0.1) is 5.60 Å². The first-order valence-electron chi connectivity index (χ1n) is 5.35. The Bertz CT molecular complexity index is 357. The molecule has 0 aliphatic heterocycles. The molecule has 2 rings (SSSR count). The minimum atomic E-state index is -0.712. The van der Waals surface area contributed by atoms with Crippen molar-refractivity contribution in [2.75, 3.05) is 11.9 Å². The first-order chi connectivity index (χ1) is 7.06. The molecule has 0 fully saturated rings. The normalized spacial score (nSPS) is 15.1. The van der Waals surface area contributed by atoms with Gasteiger partial charge in [0.1, 0.15) is 12.1 Å². The predicted molar refractivity (Wildman–Crippen MR) is 58.8 cm³/mol. The van der Waals surface area contributed by atoms with Gasteiger partial charge in [-0.3, -0.25) is 0 Å². The third-order valence-corrected chi connectivity index (χ3v) is 2.56. The van der Waals surface area contributed by atoms with E-state index >= 15 is 0 Å². The molecule has 0 radical (unpaired) electrons. The molecule has 0 bridgehead atoms. The summed E-state index contributed by atoms with van der Waals surface area (Å²) in [6.45, 7) is 4.07. The summed E-state index contributed by atoms with van der Waals surface area (Å²) in [5, 5.41) is 12.8. The van der Waals surface area contributed by atoms with Crippen LogP contribution in [0, 0.1) is 0 Å². The molecule has 0 spiro atoms. The fourth-order valence-electron chi connectivity index (χ4n) is 1.81. The molecule has 0 saturated carbocycles. The van der Waals surface area contributed by atoms with Crippen molar-refractivity contribution in [3.63, 3.8) is 0 Å². The van der Waals surface area contributed by atoms with Crippen LogP contribution in [0.15, 0.2) is 6.33 Å². The molecule has 82 valence electrons. The van der Waals surface area contributed by atoms with Gasteiger partial charge in [0.25, 0.3) is 0 Å². The first-order valence-corrected chi connectivity index (χ1v) is 5.35. The molecule has 0 unspecified atom stereocenters. The minimum Gasteiger partial charge on any atom is -0.389 e. The van der Waals surface area contributed by atoms with Crippen molar-refractivity contribution in [2.24, 2.45) is 0 Å². The highest BCUT2D eigenvalue weighted by Gasteiger charge is 2.18. The van der Waals surface area contributed by atoms with Crippen LogP contribution in [0.4, 0.5) is 5.82 Å². The molecule has 15 heavy (non-hydrogen) atoms. The Hall–Kier alpha value is -1.16. The summed E-state index contributed by atoms with van der Waals surface area (Å²) in [5.74, 6) is 0.889. The molecular formula is C11H17N3O. The summed E-state index contributed by atoms with van der Waals surface area (Å²) in [4.78, 5) is 8.47. The van der Waals surface area contributed by atoms with Crippen LogP contribution in [0.2, 0.25) is 0 Å². The van der Waals surface area contributed by atoms with E-state index in [2.05, 4.69) is 15.3 Å². The lowest BCUT2D eigenvalue weighted by Gasteiger charge is -2.19. The van der Waals surface area contributed by atoms with Crippen molar-refractivity contribution >= 4 is 5.82 Å². The summed E-state index contributed by atoms with van der Waals surface area (Å²) in [7, 11) is 0. The molecule has 4 nitrogen and oxygen atoms in total. The van der Waals surface area contributed by atoms with Gasteiger partial charge in [0.2, 0.25) is 0 Å². The second kappa shape index (κ2) is 3.77. The zero-order valence-electron chi connectivity index (χ0n) is 9.25. The Labute approximate surface area is 89.8 Å². The molecule has 2 N–H and O–H groups in total. The predicted octanol–water partition coefficient (Wildman–Crippen LogP) is 1.15. The molecular weight excluding hydrogens is 190 g/mol. The molecule has 1 aromatic heterocycles. The number of aryl methyl sites for hydroxylation is 1. The number of nitrogens with one attached hydrogen (secondary N) is 1. The number of anilines is 1. The maximum atomic E-state index is 9.62. The molecule has 1 heterocycles. The molecule has 0 aromatic carbocycles. The van der Waals surface area contributed by atoms with E-state index in [1.165, 1.54) is 5.56 Å². The van der Waals surface area contributed by atoms with Gasteiger partial charge in [-0.15, -0.1) is 0 Å². The minimum absolute atomic E-state index is 0.510. The number of hydrogen-bond donors (Lipinski definition) is 2. The van der Waals surface area contributed by atoms with Crippen LogP contribution in [0.25, 0.3) is 0 Å². The zero-order chi connectivity index (χ0) is 10.9. The van der Waals surface area contributed by atoms with Crippen LogP contribution < -0.4 is 5.32 Å². The fourth-order valence-corrected chi connectivity index (χ4v) is 1.81. The van der Waals surface area contributed by atoms with E-state index in [0.717, 1.165) is 30.8 Å². The third kappa shape index (κ3) is 2.45. The lowest BCUT2D eigenvalue weighted by atomic mass is 10.1. The van der Waals surface area contributed by atoms with Crippen LogP contribution in [-0.2, 0) is 12.8 Å². The van der Waals surface area contributed by atoms with Gasteiger partial charge in [-0.1, -0.05) is 0 Å². The van der Waals surface area contributed by atoms with Crippen LogP contribution in [0.3, 0.4) is 0 Å². The summed E-state index contributed by atoms with van der Waals surface area (Å²) in [6.07, 6.45) is 4.85. The number of hydrogen-bond acceptors (Lipinski definition) is 4. The Balaban J connectivity index is 2.12.